The average Bonchev–Trinajstić information content (AvgIpc) is 2.83. The van der Waals surface area contributed by atoms with Gasteiger partial charge in [0.15, 0.2) is 0 Å². The zero-order chi connectivity index (χ0) is 22.6. The molecule has 1 heterocycles. The van der Waals surface area contributed by atoms with Gasteiger partial charge in [-0.05, 0) is 72.2 Å². The summed E-state index contributed by atoms with van der Waals surface area (Å²) in [6, 6.07) is 29.8. The molecule has 4 nitrogen and oxygen atoms in total. The van der Waals surface area contributed by atoms with Crippen LogP contribution >= 0.6 is 0 Å². The predicted octanol–water partition coefficient (Wildman–Crippen LogP) is 6.08. The Bertz CT molecular complexity index is 1320. The van der Waals surface area contributed by atoms with E-state index >= 15 is 0 Å². The van der Waals surface area contributed by atoms with E-state index in [4.69, 9.17) is 4.74 Å². The van der Waals surface area contributed by atoms with Gasteiger partial charge in [0, 0.05) is 11.6 Å². The summed E-state index contributed by atoms with van der Waals surface area (Å²) in [5.74, 6) is 0.734. The molecule has 3 aromatic carbocycles. The Morgan fingerprint density at radius 2 is 1.81 bits per heavy atom. The number of hydrogen-bond acceptors (Lipinski definition) is 3. The van der Waals surface area contributed by atoms with Gasteiger partial charge in [0.2, 0.25) is 5.56 Å². The number of benzene rings is 3. The molecular weight excluding hydrogens is 396 g/mol. The van der Waals surface area contributed by atoms with Crippen LogP contribution in [0.25, 0.3) is 10.9 Å². The molecule has 0 aliphatic rings. The Kier molecular flexibility index (Phi) is 6.09. The van der Waals surface area contributed by atoms with Gasteiger partial charge in [-0.2, -0.15) is 5.26 Å². The summed E-state index contributed by atoms with van der Waals surface area (Å²) in [4.78, 5) is 14.4. The van der Waals surface area contributed by atoms with Crippen LogP contribution in [-0.2, 0) is 11.8 Å². The standard InChI is InChI=1S/C28H26N2O2/c1-3-28(19-29,18-21-8-5-4-6-9-21)24-10-7-11-25(17-24)32-20(2)22-12-14-26-23(16-22)13-15-27(31)30-26/h4-17,20H,3,18H2,1-2H3,(H,30,31). The number of ether oxygens (including phenoxy) is 1. The lowest BCUT2D eigenvalue weighted by Crippen LogP contribution is -2.26. The van der Waals surface area contributed by atoms with E-state index in [1.807, 2.05) is 73.7 Å². The summed E-state index contributed by atoms with van der Waals surface area (Å²) in [7, 11) is 0. The molecule has 32 heavy (non-hydrogen) atoms. The summed E-state index contributed by atoms with van der Waals surface area (Å²) in [5.41, 5.74) is 3.20. The number of pyridine rings is 1. The zero-order valence-electron chi connectivity index (χ0n) is 18.3. The first-order valence-electron chi connectivity index (χ1n) is 10.9. The van der Waals surface area contributed by atoms with Crippen LogP contribution < -0.4 is 10.3 Å². The van der Waals surface area contributed by atoms with Gasteiger partial charge in [0.25, 0.3) is 0 Å². The van der Waals surface area contributed by atoms with Crippen LogP contribution in [0.2, 0.25) is 0 Å². The quantitative estimate of drug-likeness (QED) is 0.392. The number of fused-ring (bicyclic) bond motifs is 1. The molecule has 0 radical (unpaired) electrons. The number of nitriles is 1. The van der Waals surface area contributed by atoms with E-state index in [9.17, 15) is 10.1 Å². The fourth-order valence-electron chi connectivity index (χ4n) is 4.12. The summed E-state index contributed by atoms with van der Waals surface area (Å²) >= 11 is 0. The molecule has 0 spiro atoms. The van der Waals surface area contributed by atoms with Gasteiger partial charge in [-0.3, -0.25) is 4.79 Å². The van der Waals surface area contributed by atoms with Crippen molar-refractivity contribution >= 4 is 10.9 Å². The lowest BCUT2D eigenvalue weighted by Gasteiger charge is -2.27. The van der Waals surface area contributed by atoms with Crippen molar-refractivity contribution in [2.24, 2.45) is 0 Å². The van der Waals surface area contributed by atoms with Crippen molar-refractivity contribution in [1.29, 1.82) is 5.26 Å². The third kappa shape index (κ3) is 4.43. The summed E-state index contributed by atoms with van der Waals surface area (Å²) in [5, 5.41) is 11.1. The topological polar surface area (TPSA) is 65.9 Å². The average molecular weight is 423 g/mol. The van der Waals surface area contributed by atoms with Crippen LogP contribution in [0.15, 0.2) is 89.7 Å². The first kappa shape index (κ1) is 21.4. The third-order valence-electron chi connectivity index (χ3n) is 6.08. The first-order valence-corrected chi connectivity index (χ1v) is 10.9. The second kappa shape index (κ2) is 9.11. The van der Waals surface area contributed by atoms with Crippen molar-refractivity contribution in [3.05, 3.63) is 112 Å². The molecule has 0 aliphatic heterocycles. The highest BCUT2D eigenvalue weighted by Crippen LogP contribution is 2.34. The Morgan fingerprint density at radius 3 is 2.56 bits per heavy atom. The molecule has 4 aromatic rings. The van der Waals surface area contributed by atoms with Crippen molar-refractivity contribution in [2.45, 2.75) is 38.2 Å². The molecule has 0 saturated heterocycles. The molecule has 0 bridgehead atoms. The van der Waals surface area contributed by atoms with Crippen LogP contribution in [0.3, 0.4) is 0 Å². The summed E-state index contributed by atoms with van der Waals surface area (Å²) in [6.07, 6.45) is 1.18. The lowest BCUT2D eigenvalue weighted by molar-refractivity contribution is 0.226. The Balaban J connectivity index is 1.60. The molecule has 0 aliphatic carbocycles. The molecule has 1 N–H and O–H groups in total. The fourth-order valence-corrected chi connectivity index (χ4v) is 4.12. The van der Waals surface area contributed by atoms with Crippen molar-refractivity contribution in [3.63, 3.8) is 0 Å². The maximum absolute atomic E-state index is 11.5. The molecule has 0 saturated carbocycles. The van der Waals surface area contributed by atoms with Gasteiger partial charge in [-0.1, -0.05) is 55.5 Å². The predicted molar refractivity (Wildman–Crippen MR) is 128 cm³/mol. The van der Waals surface area contributed by atoms with Crippen molar-refractivity contribution in [2.75, 3.05) is 0 Å². The molecule has 2 atom stereocenters. The zero-order valence-corrected chi connectivity index (χ0v) is 18.3. The number of nitrogens with one attached hydrogen (secondary N) is 1. The highest BCUT2D eigenvalue weighted by atomic mass is 16.5. The van der Waals surface area contributed by atoms with Gasteiger partial charge >= 0.3 is 0 Å². The van der Waals surface area contributed by atoms with Crippen LogP contribution in [0.5, 0.6) is 5.75 Å². The van der Waals surface area contributed by atoms with Crippen molar-refractivity contribution < 1.29 is 4.74 Å². The smallest absolute Gasteiger partial charge is 0.248 e. The van der Waals surface area contributed by atoms with Crippen LogP contribution in [0, 0.1) is 11.3 Å². The monoisotopic (exact) mass is 422 g/mol. The number of nitrogens with zero attached hydrogens (tertiary/aromatic N) is 1. The maximum atomic E-state index is 11.5. The number of H-pyrrole nitrogens is 1. The molecule has 2 unspecified atom stereocenters. The highest BCUT2D eigenvalue weighted by molar-refractivity contribution is 5.79. The molecule has 0 fully saturated rings. The van der Waals surface area contributed by atoms with E-state index in [2.05, 4.69) is 30.1 Å². The lowest BCUT2D eigenvalue weighted by atomic mass is 9.75. The van der Waals surface area contributed by atoms with Crippen LogP contribution in [0.1, 0.15) is 43.1 Å². The van der Waals surface area contributed by atoms with E-state index in [-0.39, 0.29) is 11.7 Å². The second-order valence-electron chi connectivity index (χ2n) is 8.17. The minimum atomic E-state index is -0.612. The van der Waals surface area contributed by atoms with Crippen molar-refractivity contribution in [1.82, 2.24) is 4.98 Å². The van der Waals surface area contributed by atoms with Gasteiger partial charge in [0.1, 0.15) is 11.9 Å². The number of aromatic nitrogens is 1. The van der Waals surface area contributed by atoms with E-state index < -0.39 is 5.41 Å². The molecule has 1 aromatic heterocycles. The Morgan fingerprint density at radius 1 is 1.00 bits per heavy atom. The Hall–Kier alpha value is -3.84. The van der Waals surface area contributed by atoms with E-state index in [1.54, 1.807) is 0 Å². The largest absolute Gasteiger partial charge is 0.486 e. The number of rotatable bonds is 7. The summed E-state index contributed by atoms with van der Waals surface area (Å²) in [6.45, 7) is 4.06. The van der Waals surface area contributed by atoms with Gasteiger partial charge in [-0.25, -0.2) is 0 Å². The van der Waals surface area contributed by atoms with Gasteiger partial charge in [-0.15, -0.1) is 0 Å². The second-order valence-corrected chi connectivity index (χ2v) is 8.17. The van der Waals surface area contributed by atoms with Gasteiger partial charge < -0.3 is 9.72 Å². The number of hydrogen-bond donors (Lipinski definition) is 1. The van der Waals surface area contributed by atoms with E-state index in [0.717, 1.165) is 33.3 Å². The fraction of sp³-hybridized carbons (Fsp3) is 0.214. The molecular formula is C28H26N2O2. The molecule has 0 amide bonds. The maximum Gasteiger partial charge on any atom is 0.248 e. The van der Waals surface area contributed by atoms with Crippen LogP contribution in [0.4, 0.5) is 0 Å². The van der Waals surface area contributed by atoms with Gasteiger partial charge in [0.05, 0.1) is 11.5 Å². The van der Waals surface area contributed by atoms with E-state index in [1.165, 1.54) is 6.07 Å². The van der Waals surface area contributed by atoms with Crippen LogP contribution in [-0.4, -0.2) is 4.98 Å². The van der Waals surface area contributed by atoms with Crippen molar-refractivity contribution in [3.8, 4) is 11.8 Å². The molecule has 160 valence electrons. The minimum absolute atomic E-state index is 0.112. The minimum Gasteiger partial charge on any atom is -0.486 e. The summed E-state index contributed by atoms with van der Waals surface area (Å²) < 4.78 is 6.27. The number of aromatic amines is 1. The normalized spacial score (nSPS) is 13.8. The van der Waals surface area contributed by atoms with E-state index in [0.29, 0.717) is 12.8 Å². The Labute approximate surface area is 188 Å². The molecule has 4 heteroatoms. The highest BCUT2D eigenvalue weighted by Gasteiger charge is 2.31. The first-order chi connectivity index (χ1) is 15.5. The third-order valence-corrected chi connectivity index (χ3v) is 6.08. The molecule has 4 rings (SSSR count). The SMILES string of the molecule is CCC(C#N)(Cc1ccccc1)c1cccc(OC(C)c2ccc3[nH]c(=O)ccc3c2)c1.